The molecule has 4 rings (SSSR count). The molecule has 0 unspecified atom stereocenters. The van der Waals surface area contributed by atoms with Gasteiger partial charge in [0.15, 0.2) is 0 Å². The van der Waals surface area contributed by atoms with Crippen molar-refractivity contribution in [3.8, 4) is 0 Å². The van der Waals surface area contributed by atoms with E-state index in [2.05, 4.69) is 10.0 Å². The summed E-state index contributed by atoms with van der Waals surface area (Å²) < 4.78 is 28.5. The highest BCUT2D eigenvalue weighted by molar-refractivity contribution is 7.92. The Labute approximate surface area is 176 Å². The van der Waals surface area contributed by atoms with Crippen LogP contribution in [-0.4, -0.2) is 31.7 Å². The first kappa shape index (κ1) is 20.4. The van der Waals surface area contributed by atoms with Crippen LogP contribution in [0.2, 0.25) is 0 Å². The van der Waals surface area contributed by atoms with Gasteiger partial charge in [-0.1, -0.05) is 6.07 Å². The third-order valence-corrected chi connectivity index (χ3v) is 7.04. The number of carbonyl (C=O) groups is 2. The van der Waals surface area contributed by atoms with Gasteiger partial charge in [-0.2, -0.15) is 0 Å². The summed E-state index contributed by atoms with van der Waals surface area (Å²) in [7, 11) is -3.79. The normalized spacial score (nSPS) is 16.0. The molecule has 1 heterocycles. The lowest BCUT2D eigenvalue weighted by Gasteiger charge is -2.29. The van der Waals surface area contributed by atoms with Crippen LogP contribution in [0.1, 0.15) is 36.5 Å². The van der Waals surface area contributed by atoms with Crippen LogP contribution in [0.5, 0.6) is 0 Å². The van der Waals surface area contributed by atoms with Crippen molar-refractivity contribution >= 4 is 33.2 Å². The lowest BCUT2D eigenvalue weighted by Crippen LogP contribution is -2.36. The molecule has 1 fully saturated rings. The Kier molecular flexibility index (Phi) is 5.27. The summed E-state index contributed by atoms with van der Waals surface area (Å²) in [5.41, 5.74) is 3.68. The second kappa shape index (κ2) is 7.75. The third kappa shape index (κ3) is 4.33. The Bertz CT molecular complexity index is 1120. The highest BCUT2D eigenvalue weighted by Crippen LogP contribution is 2.33. The maximum absolute atomic E-state index is 12.9. The summed E-state index contributed by atoms with van der Waals surface area (Å²) in [6, 6.07) is 10.2. The zero-order valence-electron chi connectivity index (χ0n) is 17.1. The van der Waals surface area contributed by atoms with Crippen molar-refractivity contribution in [1.82, 2.24) is 4.90 Å². The van der Waals surface area contributed by atoms with Crippen LogP contribution in [0.15, 0.2) is 41.3 Å². The first-order valence-electron chi connectivity index (χ1n) is 10.0. The summed E-state index contributed by atoms with van der Waals surface area (Å²) in [5.74, 6) is 0.171. The van der Waals surface area contributed by atoms with E-state index in [9.17, 15) is 18.0 Å². The number of hydrogen-bond acceptors (Lipinski definition) is 4. The van der Waals surface area contributed by atoms with Crippen molar-refractivity contribution in [3.05, 3.63) is 53.1 Å². The molecule has 8 heteroatoms. The number of benzene rings is 2. The molecule has 1 aliphatic carbocycles. The molecular weight excluding hydrogens is 402 g/mol. The molecule has 2 aromatic carbocycles. The minimum Gasteiger partial charge on any atom is -0.338 e. The first-order chi connectivity index (χ1) is 14.2. The van der Waals surface area contributed by atoms with Crippen LogP contribution in [0, 0.1) is 12.8 Å². The summed E-state index contributed by atoms with van der Waals surface area (Å²) in [6.07, 6.45) is 2.73. The van der Waals surface area contributed by atoms with Crippen LogP contribution >= 0.6 is 0 Å². The minimum atomic E-state index is -3.79. The highest BCUT2D eigenvalue weighted by Gasteiger charge is 2.34. The molecule has 1 aliphatic heterocycles. The van der Waals surface area contributed by atoms with Gasteiger partial charge in [0.1, 0.15) is 0 Å². The fourth-order valence-corrected chi connectivity index (χ4v) is 5.12. The van der Waals surface area contributed by atoms with E-state index >= 15 is 0 Å². The predicted octanol–water partition coefficient (Wildman–Crippen LogP) is 3.05. The lowest BCUT2D eigenvalue weighted by atomic mass is 9.99. The average Bonchev–Trinajstić information content (AvgIpc) is 3.51. The monoisotopic (exact) mass is 427 g/mol. The topological polar surface area (TPSA) is 95.6 Å². The number of nitrogens with one attached hydrogen (secondary N) is 2. The van der Waals surface area contributed by atoms with E-state index in [1.54, 1.807) is 25.1 Å². The number of nitrogens with zero attached hydrogens (tertiary/aromatic N) is 1. The standard InChI is InChI=1S/C22H25N3O4S/c1-14-11-19(23-15(2)26)7-8-21(14)30(28,29)24-20-6-5-16-9-10-25(13-18(16)12-20)22(27)17-3-4-17/h5-8,11-12,17,24H,3-4,9-10,13H2,1-2H3,(H,23,26). The zero-order chi connectivity index (χ0) is 21.5. The van der Waals surface area contributed by atoms with Gasteiger partial charge in [0, 0.05) is 37.3 Å². The molecule has 2 aliphatic rings. The number of amides is 2. The summed E-state index contributed by atoms with van der Waals surface area (Å²) >= 11 is 0. The van der Waals surface area contributed by atoms with Gasteiger partial charge in [-0.05, 0) is 73.2 Å². The van der Waals surface area contributed by atoms with Gasteiger partial charge in [-0.3, -0.25) is 14.3 Å². The smallest absolute Gasteiger partial charge is 0.262 e. The second-order valence-electron chi connectivity index (χ2n) is 8.03. The predicted molar refractivity (Wildman–Crippen MR) is 115 cm³/mol. The first-order valence-corrected chi connectivity index (χ1v) is 11.5. The molecule has 0 radical (unpaired) electrons. The largest absolute Gasteiger partial charge is 0.338 e. The summed E-state index contributed by atoms with van der Waals surface area (Å²) in [5, 5.41) is 2.65. The van der Waals surface area contributed by atoms with Crippen LogP contribution in [0.4, 0.5) is 11.4 Å². The Hall–Kier alpha value is -2.87. The number of carbonyl (C=O) groups excluding carboxylic acids is 2. The van der Waals surface area contributed by atoms with Crippen molar-refractivity contribution in [2.45, 2.75) is 44.6 Å². The highest BCUT2D eigenvalue weighted by atomic mass is 32.2. The third-order valence-electron chi connectivity index (χ3n) is 5.49. The molecule has 2 aromatic rings. The van der Waals surface area contributed by atoms with E-state index in [0.29, 0.717) is 30.0 Å². The molecule has 0 saturated heterocycles. The van der Waals surface area contributed by atoms with Crippen molar-refractivity contribution in [2.75, 3.05) is 16.6 Å². The van der Waals surface area contributed by atoms with Crippen molar-refractivity contribution < 1.29 is 18.0 Å². The fraction of sp³-hybridized carbons (Fsp3) is 0.364. The quantitative estimate of drug-likeness (QED) is 0.767. The molecule has 0 bridgehead atoms. The minimum absolute atomic E-state index is 0.153. The summed E-state index contributed by atoms with van der Waals surface area (Å²) in [6.45, 7) is 4.32. The number of hydrogen-bond donors (Lipinski definition) is 2. The fourth-order valence-electron chi connectivity index (χ4n) is 3.84. The number of fused-ring (bicyclic) bond motifs is 1. The van der Waals surface area contributed by atoms with E-state index < -0.39 is 10.0 Å². The molecule has 2 N–H and O–H groups in total. The molecule has 158 valence electrons. The number of rotatable bonds is 5. The van der Waals surface area contributed by atoms with Crippen LogP contribution < -0.4 is 10.0 Å². The molecule has 1 saturated carbocycles. The SMILES string of the molecule is CC(=O)Nc1ccc(S(=O)(=O)Nc2ccc3c(c2)CN(C(=O)C2CC2)CC3)c(C)c1. The van der Waals surface area contributed by atoms with E-state index in [0.717, 1.165) is 30.4 Å². The molecule has 7 nitrogen and oxygen atoms in total. The molecule has 0 aromatic heterocycles. The Morgan fingerprint density at radius 1 is 1.03 bits per heavy atom. The van der Waals surface area contributed by atoms with E-state index in [1.807, 2.05) is 17.0 Å². The van der Waals surface area contributed by atoms with Crippen molar-refractivity contribution in [2.24, 2.45) is 5.92 Å². The van der Waals surface area contributed by atoms with Crippen molar-refractivity contribution in [3.63, 3.8) is 0 Å². The maximum atomic E-state index is 12.9. The van der Waals surface area contributed by atoms with Crippen LogP contribution in [-0.2, 0) is 32.6 Å². The van der Waals surface area contributed by atoms with Crippen molar-refractivity contribution in [1.29, 1.82) is 0 Å². The zero-order valence-corrected chi connectivity index (χ0v) is 17.9. The van der Waals surface area contributed by atoms with Gasteiger partial charge in [-0.15, -0.1) is 0 Å². The molecule has 30 heavy (non-hydrogen) atoms. The second-order valence-corrected chi connectivity index (χ2v) is 9.69. The maximum Gasteiger partial charge on any atom is 0.262 e. The number of aryl methyl sites for hydroxylation is 1. The van der Waals surface area contributed by atoms with Crippen LogP contribution in [0.3, 0.4) is 0 Å². The summed E-state index contributed by atoms with van der Waals surface area (Å²) in [4.78, 5) is 25.6. The van der Waals surface area contributed by atoms with E-state index in [1.165, 1.54) is 13.0 Å². The van der Waals surface area contributed by atoms with Gasteiger partial charge >= 0.3 is 0 Å². The van der Waals surface area contributed by atoms with Gasteiger partial charge in [0.05, 0.1) is 4.90 Å². The Morgan fingerprint density at radius 2 is 1.77 bits per heavy atom. The molecular formula is C22H25N3O4S. The Balaban J connectivity index is 1.53. The number of anilines is 2. The van der Waals surface area contributed by atoms with Crippen LogP contribution in [0.25, 0.3) is 0 Å². The molecule has 2 amide bonds. The van der Waals surface area contributed by atoms with E-state index in [4.69, 9.17) is 0 Å². The molecule has 0 atom stereocenters. The molecule has 0 spiro atoms. The average molecular weight is 428 g/mol. The Morgan fingerprint density at radius 3 is 2.43 bits per heavy atom. The van der Waals surface area contributed by atoms with Gasteiger partial charge < -0.3 is 10.2 Å². The van der Waals surface area contributed by atoms with Gasteiger partial charge in [-0.25, -0.2) is 8.42 Å². The lowest BCUT2D eigenvalue weighted by molar-refractivity contribution is -0.133. The van der Waals surface area contributed by atoms with Gasteiger partial charge in [0.25, 0.3) is 10.0 Å². The van der Waals surface area contributed by atoms with E-state index in [-0.39, 0.29) is 22.6 Å². The number of sulfonamides is 1. The van der Waals surface area contributed by atoms with Gasteiger partial charge in [0.2, 0.25) is 11.8 Å².